The van der Waals surface area contributed by atoms with Crippen molar-refractivity contribution in [1.29, 1.82) is 0 Å². The van der Waals surface area contributed by atoms with E-state index in [1.807, 2.05) is 24.3 Å². The van der Waals surface area contributed by atoms with Crippen molar-refractivity contribution in [3.8, 4) is 0 Å². The van der Waals surface area contributed by atoms with Crippen LogP contribution in [0.2, 0.25) is 0 Å². The first-order valence-corrected chi connectivity index (χ1v) is 8.00. The van der Waals surface area contributed by atoms with Gasteiger partial charge in [0.2, 0.25) is 0 Å². The van der Waals surface area contributed by atoms with Gasteiger partial charge in [-0.2, -0.15) is 0 Å². The summed E-state index contributed by atoms with van der Waals surface area (Å²) >= 11 is 0. The highest BCUT2D eigenvalue weighted by Crippen LogP contribution is 2.32. The molecule has 6 nitrogen and oxygen atoms in total. The second kappa shape index (κ2) is 7.93. The molecular weight excluding hydrogens is 334 g/mol. The molecule has 2 aromatic rings. The van der Waals surface area contributed by atoms with Crippen molar-refractivity contribution < 1.29 is 23.9 Å². The molecule has 2 N–H and O–H groups in total. The maximum absolute atomic E-state index is 12.6. The van der Waals surface area contributed by atoms with Crippen molar-refractivity contribution >= 4 is 28.5 Å². The van der Waals surface area contributed by atoms with Gasteiger partial charge >= 0.3 is 11.9 Å². The van der Waals surface area contributed by atoms with Crippen LogP contribution in [0.4, 0.5) is 0 Å². The molecule has 2 aromatic carbocycles. The Morgan fingerprint density at radius 3 is 2.42 bits per heavy atom. The molecule has 0 radical (unpaired) electrons. The van der Waals surface area contributed by atoms with Gasteiger partial charge in [-0.05, 0) is 29.3 Å². The van der Waals surface area contributed by atoms with Crippen molar-refractivity contribution in [2.24, 2.45) is 11.7 Å². The zero-order chi connectivity index (χ0) is 19.3. The van der Waals surface area contributed by atoms with Crippen LogP contribution in [0, 0.1) is 5.92 Å². The molecule has 0 aliphatic heterocycles. The third-order valence-corrected chi connectivity index (χ3v) is 4.19. The summed E-state index contributed by atoms with van der Waals surface area (Å²) in [5, 5.41) is 1.74. The smallest absolute Gasteiger partial charge is 0.331 e. The Morgan fingerprint density at radius 2 is 1.85 bits per heavy atom. The van der Waals surface area contributed by atoms with Gasteiger partial charge in [-0.1, -0.05) is 49.1 Å². The largest absolute Gasteiger partial charge is 0.467 e. The zero-order valence-corrected chi connectivity index (χ0v) is 14.7. The molecule has 0 saturated heterocycles. The van der Waals surface area contributed by atoms with E-state index < -0.39 is 29.2 Å². The molecule has 0 fully saturated rings. The van der Waals surface area contributed by atoms with Gasteiger partial charge in [0.05, 0.1) is 7.11 Å². The van der Waals surface area contributed by atoms with Gasteiger partial charge in [0, 0.05) is 0 Å². The fourth-order valence-corrected chi connectivity index (χ4v) is 2.91. The first-order chi connectivity index (χ1) is 12.4. The first kappa shape index (κ1) is 19.3. The number of benzene rings is 2. The third-order valence-electron chi connectivity index (χ3n) is 4.19. The second-order valence-electron chi connectivity index (χ2n) is 5.88. The molecule has 0 bridgehead atoms. The third kappa shape index (κ3) is 3.50. The van der Waals surface area contributed by atoms with Crippen molar-refractivity contribution in [3.63, 3.8) is 0 Å². The maximum atomic E-state index is 12.6. The topological polar surface area (TPSA) is 95.7 Å². The Kier molecular flexibility index (Phi) is 5.90. The van der Waals surface area contributed by atoms with Gasteiger partial charge < -0.3 is 15.2 Å². The van der Waals surface area contributed by atoms with E-state index in [9.17, 15) is 14.4 Å². The van der Waals surface area contributed by atoms with Gasteiger partial charge in [-0.3, -0.25) is 9.59 Å². The van der Waals surface area contributed by atoms with Gasteiger partial charge in [0.1, 0.15) is 18.3 Å². The predicted octanol–water partition coefficient (Wildman–Crippen LogP) is 2.10. The molecule has 0 aliphatic carbocycles. The lowest BCUT2D eigenvalue weighted by Gasteiger charge is -2.32. The summed E-state index contributed by atoms with van der Waals surface area (Å²) in [4.78, 5) is 37.3. The van der Waals surface area contributed by atoms with Crippen molar-refractivity contribution in [1.82, 2.24) is 0 Å². The lowest BCUT2D eigenvalue weighted by atomic mass is 9.76. The summed E-state index contributed by atoms with van der Waals surface area (Å²) in [6.45, 7) is 4.54. The normalized spacial score (nSPS) is 14.1. The lowest BCUT2D eigenvalue weighted by Crippen LogP contribution is -2.57. The number of fused-ring (bicyclic) bond motifs is 1. The van der Waals surface area contributed by atoms with Gasteiger partial charge in [0.25, 0.3) is 0 Å². The van der Waals surface area contributed by atoms with Crippen molar-refractivity contribution in [2.75, 3.05) is 13.7 Å². The number of carbonyl (C=O) groups excluding carboxylic acids is 3. The molecule has 26 heavy (non-hydrogen) atoms. The molecule has 0 amide bonds. The molecule has 0 heterocycles. The maximum Gasteiger partial charge on any atom is 0.331 e. The van der Waals surface area contributed by atoms with Crippen LogP contribution in [-0.4, -0.2) is 31.4 Å². The van der Waals surface area contributed by atoms with Crippen LogP contribution >= 0.6 is 0 Å². The Balaban J connectivity index is 2.64. The average molecular weight is 355 g/mol. The first-order valence-electron chi connectivity index (χ1n) is 8.00. The van der Waals surface area contributed by atoms with Crippen molar-refractivity contribution in [2.45, 2.75) is 12.5 Å². The number of carbonyl (C=O) groups is 3. The van der Waals surface area contributed by atoms with Gasteiger partial charge in [-0.15, -0.1) is 0 Å². The zero-order valence-electron chi connectivity index (χ0n) is 14.7. The van der Waals surface area contributed by atoms with Crippen LogP contribution in [0.3, 0.4) is 0 Å². The summed E-state index contributed by atoms with van der Waals surface area (Å²) in [7, 11) is 1.15. The highest BCUT2D eigenvalue weighted by Gasteiger charge is 2.52. The Hall–Kier alpha value is -2.99. The highest BCUT2D eigenvalue weighted by atomic mass is 16.5. The van der Waals surface area contributed by atoms with Crippen LogP contribution in [0.1, 0.15) is 12.5 Å². The minimum Gasteiger partial charge on any atom is -0.467 e. The quantitative estimate of drug-likeness (QED) is 0.464. The number of methoxy groups -OCH3 is 1. The van der Waals surface area contributed by atoms with E-state index in [4.69, 9.17) is 15.2 Å². The number of ether oxygens (including phenoxy) is 2. The van der Waals surface area contributed by atoms with E-state index in [1.54, 1.807) is 18.2 Å². The molecule has 0 spiro atoms. The SMILES string of the molecule is C=CCOC(=O)C(C(C)=O)[C@](N)(C(=O)OC)c1ccc2ccccc2c1. The van der Waals surface area contributed by atoms with Gasteiger partial charge in [0.15, 0.2) is 5.54 Å². The fraction of sp³-hybridized carbons (Fsp3) is 0.250. The summed E-state index contributed by atoms with van der Waals surface area (Å²) < 4.78 is 9.82. The number of nitrogens with two attached hydrogens (primary N) is 1. The van der Waals surface area contributed by atoms with Crippen LogP contribution in [0.15, 0.2) is 55.1 Å². The number of hydrogen-bond acceptors (Lipinski definition) is 6. The van der Waals surface area contributed by atoms with Crippen LogP contribution in [0.25, 0.3) is 10.8 Å². The van der Waals surface area contributed by atoms with E-state index in [-0.39, 0.29) is 6.61 Å². The van der Waals surface area contributed by atoms with E-state index in [2.05, 4.69) is 6.58 Å². The Bertz CT molecular complexity index is 860. The molecule has 6 heteroatoms. The van der Waals surface area contributed by atoms with E-state index in [0.717, 1.165) is 17.9 Å². The predicted molar refractivity (Wildman–Crippen MR) is 97.2 cm³/mol. The minimum atomic E-state index is -2.01. The second-order valence-corrected chi connectivity index (χ2v) is 5.88. The van der Waals surface area contributed by atoms with Crippen LogP contribution < -0.4 is 5.73 Å². The number of hydrogen-bond donors (Lipinski definition) is 1. The molecule has 1 unspecified atom stereocenters. The molecule has 0 aliphatic rings. The monoisotopic (exact) mass is 355 g/mol. The van der Waals surface area contributed by atoms with Crippen molar-refractivity contribution in [3.05, 3.63) is 60.7 Å². The number of esters is 2. The van der Waals surface area contributed by atoms with Crippen LogP contribution in [0.5, 0.6) is 0 Å². The highest BCUT2D eigenvalue weighted by molar-refractivity contribution is 6.05. The summed E-state index contributed by atoms with van der Waals surface area (Å²) in [6, 6.07) is 12.5. The van der Waals surface area contributed by atoms with E-state index in [0.29, 0.717) is 5.56 Å². The standard InChI is InChI=1S/C20H21NO5/c1-4-11-26-18(23)17(13(2)22)20(21,19(24)25-3)16-10-9-14-7-5-6-8-15(14)12-16/h4-10,12,17H,1,11,21H2,2-3H3/t17?,20-/m0/s1. The average Bonchev–Trinajstić information content (AvgIpc) is 2.64. The summed E-state index contributed by atoms with van der Waals surface area (Å²) in [6.07, 6.45) is 1.36. The molecule has 2 atom stereocenters. The molecule has 136 valence electrons. The van der Waals surface area contributed by atoms with E-state index >= 15 is 0 Å². The number of ketones is 1. The Labute approximate surface area is 151 Å². The summed E-state index contributed by atoms with van der Waals surface area (Å²) in [5.74, 6) is -3.95. The summed E-state index contributed by atoms with van der Waals surface area (Å²) in [5.41, 5.74) is 4.64. The molecule has 0 aromatic heterocycles. The number of rotatable bonds is 7. The number of Topliss-reactive ketones (excluding diaryl/α,β-unsaturated/α-hetero) is 1. The lowest BCUT2D eigenvalue weighted by molar-refractivity contribution is -0.163. The van der Waals surface area contributed by atoms with Crippen LogP contribution in [-0.2, 0) is 29.4 Å². The van der Waals surface area contributed by atoms with E-state index in [1.165, 1.54) is 13.0 Å². The molecule has 2 rings (SSSR count). The molecule has 0 saturated carbocycles. The Morgan fingerprint density at radius 1 is 1.19 bits per heavy atom. The molecular formula is C20H21NO5. The minimum absolute atomic E-state index is 0.0996. The fourth-order valence-electron chi connectivity index (χ4n) is 2.91. The van der Waals surface area contributed by atoms with Gasteiger partial charge in [-0.25, -0.2) is 4.79 Å².